The maximum atomic E-state index is 9.83. The molecule has 0 spiro atoms. The zero-order chi connectivity index (χ0) is 12.5. The number of rotatable bonds is 2. The van der Waals surface area contributed by atoms with Crippen molar-refractivity contribution in [3.8, 4) is 11.4 Å². The molecular weight excluding hydrogens is 248 g/mol. The molecule has 0 amide bonds. The molecule has 1 N–H and O–H groups in total. The molecule has 2 unspecified atom stereocenters. The predicted octanol–water partition coefficient (Wildman–Crippen LogP) is 2.24. The molecule has 94 valence electrons. The van der Waals surface area contributed by atoms with Crippen LogP contribution < -0.4 is 0 Å². The van der Waals surface area contributed by atoms with Crippen molar-refractivity contribution in [3.63, 3.8) is 0 Å². The Hall–Kier alpha value is -1.33. The van der Waals surface area contributed by atoms with Crippen LogP contribution in [0.25, 0.3) is 11.4 Å². The van der Waals surface area contributed by atoms with Crippen LogP contribution in [0.1, 0.15) is 17.4 Å². The molecule has 1 aliphatic heterocycles. The van der Waals surface area contributed by atoms with Gasteiger partial charge in [0.05, 0.1) is 12.0 Å². The minimum Gasteiger partial charge on any atom is -0.391 e. The van der Waals surface area contributed by atoms with E-state index in [0.717, 1.165) is 22.6 Å². The molecule has 1 aromatic carbocycles. The Bertz CT molecular complexity index is 555. The molecule has 2 atom stereocenters. The van der Waals surface area contributed by atoms with Gasteiger partial charge in [-0.3, -0.25) is 0 Å². The molecule has 2 heterocycles. The number of thioether (sulfide) groups is 1. The van der Waals surface area contributed by atoms with Crippen molar-refractivity contribution in [1.29, 1.82) is 0 Å². The maximum absolute atomic E-state index is 9.83. The van der Waals surface area contributed by atoms with Crippen LogP contribution in [-0.4, -0.2) is 32.9 Å². The van der Waals surface area contributed by atoms with Crippen LogP contribution >= 0.6 is 11.8 Å². The van der Waals surface area contributed by atoms with Gasteiger partial charge in [-0.1, -0.05) is 29.4 Å². The number of nitrogens with zero attached hydrogens (tertiary/aromatic N) is 2. The Morgan fingerprint density at radius 3 is 2.89 bits per heavy atom. The Morgan fingerprint density at radius 1 is 1.33 bits per heavy atom. The van der Waals surface area contributed by atoms with E-state index in [-0.39, 0.29) is 12.0 Å². The summed E-state index contributed by atoms with van der Waals surface area (Å²) < 4.78 is 5.29. The summed E-state index contributed by atoms with van der Waals surface area (Å²) in [6, 6.07) is 7.94. The topological polar surface area (TPSA) is 59.2 Å². The van der Waals surface area contributed by atoms with E-state index in [1.807, 2.05) is 31.2 Å². The summed E-state index contributed by atoms with van der Waals surface area (Å²) in [4.78, 5) is 4.42. The highest BCUT2D eigenvalue weighted by Gasteiger charge is 2.32. The molecule has 2 aromatic rings. The van der Waals surface area contributed by atoms with Crippen molar-refractivity contribution in [2.75, 3.05) is 11.5 Å². The lowest BCUT2D eigenvalue weighted by Gasteiger charge is -2.06. The molecule has 1 aliphatic rings. The molecule has 1 aromatic heterocycles. The zero-order valence-electron chi connectivity index (χ0n) is 10.0. The second-order valence-electron chi connectivity index (χ2n) is 4.48. The van der Waals surface area contributed by atoms with Gasteiger partial charge >= 0.3 is 0 Å². The van der Waals surface area contributed by atoms with E-state index in [2.05, 4.69) is 10.1 Å². The van der Waals surface area contributed by atoms with Gasteiger partial charge in [0.2, 0.25) is 11.7 Å². The molecular formula is C13H14N2O2S. The van der Waals surface area contributed by atoms with Gasteiger partial charge in [-0.25, -0.2) is 0 Å². The van der Waals surface area contributed by atoms with Crippen LogP contribution in [0, 0.1) is 6.92 Å². The van der Waals surface area contributed by atoms with Gasteiger partial charge in [-0.05, 0) is 12.5 Å². The monoisotopic (exact) mass is 262 g/mol. The predicted molar refractivity (Wildman–Crippen MR) is 70.5 cm³/mol. The number of hydrogen-bond acceptors (Lipinski definition) is 5. The molecule has 18 heavy (non-hydrogen) atoms. The number of aliphatic hydroxyl groups is 1. The average Bonchev–Trinajstić information content (AvgIpc) is 2.98. The van der Waals surface area contributed by atoms with Crippen molar-refractivity contribution < 1.29 is 9.63 Å². The van der Waals surface area contributed by atoms with Crippen LogP contribution in [0.2, 0.25) is 0 Å². The van der Waals surface area contributed by atoms with Gasteiger partial charge in [-0.15, -0.1) is 0 Å². The van der Waals surface area contributed by atoms with E-state index in [1.165, 1.54) is 0 Å². The van der Waals surface area contributed by atoms with E-state index in [1.54, 1.807) is 11.8 Å². The van der Waals surface area contributed by atoms with Gasteiger partial charge in [0, 0.05) is 17.1 Å². The number of benzene rings is 1. The zero-order valence-corrected chi connectivity index (χ0v) is 10.9. The average molecular weight is 262 g/mol. The first kappa shape index (κ1) is 11.7. The smallest absolute Gasteiger partial charge is 0.233 e. The Kier molecular flexibility index (Phi) is 3.09. The third kappa shape index (κ3) is 2.04. The molecule has 0 radical (unpaired) electrons. The minimum absolute atomic E-state index is 0.0275. The molecule has 1 fully saturated rings. The van der Waals surface area contributed by atoms with Gasteiger partial charge < -0.3 is 9.63 Å². The van der Waals surface area contributed by atoms with Gasteiger partial charge in [-0.2, -0.15) is 16.7 Å². The number of hydrogen-bond donors (Lipinski definition) is 1. The summed E-state index contributed by atoms with van der Waals surface area (Å²) >= 11 is 1.72. The highest BCUT2D eigenvalue weighted by Crippen LogP contribution is 2.33. The lowest BCUT2D eigenvalue weighted by atomic mass is 10.1. The second-order valence-corrected chi connectivity index (χ2v) is 5.56. The fraction of sp³-hybridized carbons (Fsp3) is 0.385. The van der Waals surface area contributed by atoms with E-state index >= 15 is 0 Å². The first-order chi connectivity index (χ1) is 8.75. The summed E-state index contributed by atoms with van der Waals surface area (Å²) in [6.07, 6.45) is -0.375. The molecule has 4 nitrogen and oxygen atoms in total. The van der Waals surface area contributed by atoms with Crippen LogP contribution in [-0.2, 0) is 0 Å². The summed E-state index contributed by atoms with van der Waals surface area (Å²) in [5.41, 5.74) is 2.10. The Balaban J connectivity index is 1.92. The van der Waals surface area contributed by atoms with Gasteiger partial charge in [0.15, 0.2) is 0 Å². The maximum Gasteiger partial charge on any atom is 0.233 e. The third-order valence-corrected chi connectivity index (χ3v) is 4.37. The normalized spacial score (nSPS) is 23.4. The van der Waals surface area contributed by atoms with Crippen molar-refractivity contribution in [3.05, 3.63) is 35.7 Å². The number of aliphatic hydroxyl groups excluding tert-OH is 1. The van der Waals surface area contributed by atoms with Crippen LogP contribution in [0.4, 0.5) is 0 Å². The fourth-order valence-electron chi connectivity index (χ4n) is 2.10. The molecule has 0 saturated carbocycles. The third-order valence-electron chi connectivity index (χ3n) is 3.20. The summed E-state index contributed by atoms with van der Waals surface area (Å²) in [7, 11) is 0. The second kappa shape index (κ2) is 4.74. The lowest BCUT2D eigenvalue weighted by molar-refractivity contribution is 0.164. The van der Waals surface area contributed by atoms with Crippen molar-refractivity contribution in [2.24, 2.45) is 0 Å². The lowest BCUT2D eigenvalue weighted by Crippen LogP contribution is -2.15. The first-order valence-corrected chi connectivity index (χ1v) is 7.06. The first-order valence-electron chi connectivity index (χ1n) is 5.91. The fourth-order valence-corrected chi connectivity index (χ4v) is 3.33. The van der Waals surface area contributed by atoms with E-state index in [4.69, 9.17) is 4.52 Å². The van der Waals surface area contributed by atoms with Crippen LogP contribution in [0.5, 0.6) is 0 Å². The number of aryl methyl sites for hydroxylation is 1. The number of aromatic nitrogens is 2. The molecule has 5 heteroatoms. The Morgan fingerprint density at radius 2 is 2.17 bits per heavy atom. The summed E-state index contributed by atoms with van der Waals surface area (Å²) in [5, 5.41) is 13.8. The Labute approximate surface area is 109 Å². The van der Waals surface area contributed by atoms with Crippen LogP contribution in [0.3, 0.4) is 0 Å². The molecule has 1 saturated heterocycles. The summed E-state index contributed by atoms with van der Waals surface area (Å²) in [5.74, 6) is 2.71. The van der Waals surface area contributed by atoms with Gasteiger partial charge in [0.25, 0.3) is 0 Å². The van der Waals surface area contributed by atoms with Gasteiger partial charge in [0.1, 0.15) is 0 Å². The largest absolute Gasteiger partial charge is 0.391 e. The molecule has 3 rings (SSSR count). The highest BCUT2D eigenvalue weighted by molar-refractivity contribution is 7.99. The molecule has 0 aliphatic carbocycles. The minimum atomic E-state index is -0.375. The van der Waals surface area contributed by atoms with Crippen molar-refractivity contribution in [1.82, 2.24) is 10.1 Å². The van der Waals surface area contributed by atoms with Crippen LogP contribution in [0.15, 0.2) is 28.8 Å². The SMILES string of the molecule is Cc1ccccc1-c1noc(C2CSCC2O)n1. The van der Waals surface area contributed by atoms with E-state index in [9.17, 15) is 5.11 Å². The van der Waals surface area contributed by atoms with E-state index in [0.29, 0.717) is 11.7 Å². The van der Waals surface area contributed by atoms with Crippen molar-refractivity contribution >= 4 is 11.8 Å². The van der Waals surface area contributed by atoms with Crippen molar-refractivity contribution in [2.45, 2.75) is 18.9 Å². The van der Waals surface area contributed by atoms with E-state index < -0.39 is 0 Å². The standard InChI is InChI=1S/C13H14N2O2S/c1-8-4-2-3-5-9(8)12-14-13(17-15-12)10-6-18-7-11(10)16/h2-5,10-11,16H,6-7H2,1H3. The molecule has 0 bridgehead atoms. The summed E-state index contributed by atoms with van der Waals surface area (Å²) in [6.45, 7) is 2.02. The highest BCUT2D eigenvalue weighted by atomic mass is 32.2. The quantitative estimate of drug-likeness (QED) is 0.899.